The topological polar surface area (TPSA) is 213 Å². The van der Waals surface area contributed by atoms with E-state index < -0.39 is 45.3 Å². The molecule has 0 aliphatic heterocycles. The molecule has 75 heavy (non-hydrogen) atoms. The van der Waals surface area contributed by atoms with Gasteiger partial charge in [-0.2, -0.15) is 24.8 Å². The molecule has 6 heterocycles. The van der Waals surface area contributed by atoms with Gasteiger partial charge >= 0.3 is 11.6 Å². The predicted octanol–water partition coefficient (Wildman–Crippen LogP) is 11.2. The highest BCUT2D eigenvalue weighted by Crippen LogP contribution is 2.38. The van der Waals surface area contributed by atoms with Crippen molar-refractivity contribution in [2.45, 2.75) is 77.4 Å². The van der Waals surface area contributed by atoms with Crippen LogP contribution in [0.5, 0.6) is 5.75 Å². The molecule has 8 aromatic rings. The Morgan fingerprint density at radius 2 is 1.12 bits per heavy atom. The summed E-state index contributed by atoms with van der Waals surface area (Å²) in [6.45, 7) is 3.36. The fourth-order valence-corrected chi connectivity index (χ4v) is 9.31. The number of aliphatic hydroxyl groups is 1. The number of hydrogen-bond donors (Lipinski definition) is 1. The monoisotopic (exact) mass is 1160 g/mol. The number of nitrogens with zero attached hydrogens (tertiary/aromatic N) is 12. The minimum atomic E-state index is -0.940. The number of pyridine rings is 2. The molecule has 2 aliphatic rings. The second-order valence-electron chi connectivity index (χ2n) is 18.9. The molecule has 1 N–H and O–H groups in total. The van der Waals surface area contributed by atoms with Crippen LogP contribution in [0.15, 0.2) is 94.4 Å². The molecule has 0 bridgehead atoms. The average Bonchev–Trinajstić information content (AvgIpc) is 4.20. The Morgan fingerprint density at radius 3 is 1.57 bits per heavy atom. The van der Waals surface area contributed by atoms with Crippen molar-refractivity contribution in [1.29, 1.82) is 0 Å². The smallest absolute Gasteiger partial charge is 0.406 e. The van der Waals surface area contributed by atoms with Crippen LogP contribution < -0.4 is 4.74 Å². The summed E-state index contributed by atoms with van der Waals surface area (Å²) in [5.74, 6) is -1.37. The van der Waals surface area contributed by atoms with Crippen LogP contribution in [0.2, 0.25) is 0 Å². The number of nitro groups is 2. The number of aryl methyl sites for hydroxylation is 4. The summed E-state index contributed by atoms with van der Waals surface area (Å²) in [7, 11) is 7.63. The molecule has 2 saturated carbocycles. The summed E-state index contributed by atoms with van der Waals surface area (Å²) in [5, 5.41) is 50.2. The summed E-state index contributed by atoms with van der Waals surface area (Å²) in [5.41, 5.74) is 10.4. The second-order valence-corrected chi connectivity index (χ2v) is 20.7. The van der Waals surface area contributed by atoms with Crippen molar-refractivity contribution in [3.63, 3.8) is 0 Å². The fraction of sp³-hybridized carbons (Fsp3) is 0.346. The van der Waals surface area contributed by atoms with Gasteiger partial charge in [0, 0.05) is 105 Å². The highest BCUT2D eigenvalue weighted by molar-refractivity contribution is 9.10. The molecule has 392 valence electrons. The number of aromatic nitrogens is 10. The van der Waals surface area contributed by atoms with Gasteiger partial charge in [-0.1, -0.05) is 0 Å². The van der Waals surface area contributed by atoms with Crippen molar-refractivity contribution in [2.24, 2.45) is 40.0 Å². The third-order valence-electron chi connectivity index (χ3n) is 12.7. The van der Waals surface area contributed by atoms with Crippen molar-refractivity contribution in [1.82, 2.24) is 49.1 Å². The van der Waals surface area contributed by atoms with Crippen LogP contribution in [0.4, 0.5) is 24.8 Å². The van der Waals surface area contributed by atoms with Crippen molar-refractivity contribution in [3.8, 4) is 28.3 Å². The van der Waals surface area contributed by atoms with Crippen LogP contribution in [0.1, 0.15) is 96.8 Å². The maximum absolute atomic E-state index is 14.4. The number of aliphatic hydroxyl groups excluding tert-OH is 1. The van der Waals surface area contributed by atoms with E-state index >= 15 is 0 Å². The molecule has 23 heteroatoms. The molecular formula is C52H53Br2F3N12O6. The molecular weight excluding hydrogens is 1110 g/mol. The van der Waals surface area contributed by atoms with Crippen molar-refractivity contribution in [3.05, 3.63) is 177 Å². The normalized spacial score (nSPS) is 13.9. The number of benzene rings is 2. The van der Waals surface area contributed by atoms with Gasteiger partial charge in [0.15, 0.2) is 12.4 Å². The Labute approximate surface area is 446 Å². The Hall–Kier alpha value is -7.11. The molecule has 0 amide bonds. The maximum atomic E-state index is 14.4. The summed E-state index contributed by atoms with van der Waals surface area (Å²) in [6, 6.07) is 15.7. The van der Waals surface area contributed by atoms with E-state index in [1.807, 2.05) is 49.9 Å². The first-order valence-corrected chi connectivity index (χ1v) is 25.6. The van der Waals surface area contributed by atoms with E-state index in [-0.39, 0.29) is 11.6 Å². The fourth-order valence-electron chi connectivity index (χ4n) is 8.70. The van der Waals surface area contributed by atoms with E-state index in [0.29, 0.717) is 44.2 Å². The molecule has 6 aromatic heterocycles. The standard InChI is InChI=1S/C26H26BrFN6O3.C21H25FN4O.C5H2BrFN2O2/c1-15(37-24-10-18(27)13-29-26(24)34(35)36)23-11-19(28)6-7-22(23)25-17(14-32(2)31-25)9-21-12-20(30-33(21)3)8-16-4-5-16;1-13(27)20-10-16(22)6-7-19(20)21-15(12-25(2)24-21)9-18-11-17(23-26(18)3)8-14-4-5-14;6-3-1-4(7)5(8-2-3)9(10)11/h6-7,10-16H,4-5,8-9H2,1-3H3;6-7,10-14,27H,4-5,8-9H2,1-3H3;1-2H/t15-;13-;/m11./s1. The van der Waals surface area contributed by atoms with Gasteiger partial charge in [-0.25, -0.2) is 8.78 Å². The minimum absolute atomic E-state index is 0.0126. The number of halogens is 5. The van der Waals surface area contributed by atoms with Crippen LogP contribution in [0.3, 0.4) is 0 Å². The third-order valence-corrected chi connectivity index (χ3v) is 13.5. The zero-order chi connectivity index (χ0) is 53.8. The van der Waals surface area contributed by atoms with Crippen LogP contribution in [-0.2, 0) is 53.9 Å². The molecule has 0 radical (unpaired) electrons. The highest BCUT2D eigenvalue weighted by atomic mass is 79.9. The van der Waals surface area contributed by atoms with E-state index in [4.69, 9.17) is 9.84 Å². The summed E-state index contributed by atoms with van der Waals surface area (Å²) in [6.07, 6.45) is 13.4. The lowest BCUT2D eigenvalue weighted by Crippen LogP contribution is -2.08. The Balaban J connectivity index is 0.000000171. The molecule has 2 aliphatic carbocycles. The lowest BCUT2D eigenvalue weighted by atomic mass is 9.96. The number of ether oxygens (including phenoxy) is 1. The van der Waals surface area contributed by atoms with Gasteiger partial charge in [0.25, 0.3) is 0 Å². The van der Waals surface area contributed by atoms with E-state index in [2.05, 4.69) is 69.3 Å². The summed E-state index contributed by atoms with van der Waals surface area (Å²) < 4.78 is 54.9. The molecule has 0 saturated heterocycles. The van der Waals surface area contributed by atoms with E-state index in [9.17, 15) is 38.5 Å². The number of hydrogen-bond acceptors (Lipinski definition) is 12. The van der Waals surface area contributed by atoms with Crippen LogP contribution in [-0.4, -0.2) is 64.0 Å². The van der Waals surface area contributed by atoms with Crippen LogP contribution >= 0.6 is 31.9 Å². The predicted molar refractivity (Wildman–Crippen MR) is 279 cm³/mol. The SMILES string of the molecule is C[C@@H](O)c1cc(F)ccc1-c1nn(C)cc1Cc1cc(CC2CC2)nn1C.C[C@@H](Oc1cc(Br)cnc1[N+](=O)[O-])c1cc(F)ccc1-c1nn(C)cc1Cc1cc(CC2CC2)nn1C.O=[N+]([O-])c1ncc(Br)cc1F. The largest absolute Gasteiger partial charge is 0.478 e. The quantitative estimate of drug-likeness (QED) is 0.0707. The zero-order valence-electron chi connectivity index (χ0n) is 41.8. The first kappa shape index (κ1) is 54.2. The second kappa shape index (κ2) is 23.2. The summed E-state index contributed by atoms with van der Waals surface area (Å²) in [4.78, 5) is 27.1. The number of rotatable bonds is 16. The van der Waals surface area contributed by atoms with Crippen LogP contribution in [0, 0.1) is 49.5 Å². The van der Waals surface area contributed by atoms with Gasteiger partial charge in [-0.3, -0.25) is 18.7 Å². The molecule has 0 unspecified atom stereocenters. The zero-order valence-corrected chi connectivity index (χ0v) is 45.0. The van der Waals surface area contributed by atoms with Gasteiger partial charge in [-0.15, -0.1) is 0 Å². The van der Waals surface area contributed by atoms with Gasteiger partial charge in [-0.05, 0) is 170 Å². The first-order chi connectivity index (χ1) is 35.7. The van der Waals surface area contributed by atoms with Crippen molar-refractivity contribution in [2.75, 3.05) is 0 Å². The van der Waals surface area contributed by atoms with Crippen molar-refractivity contribution < 1.29 is 32.9 Å². The third kappa shape index (κ3) is 13.8. The van der Waals surface area contributed by atoms with Gasteiger partial charge in [0.1, 0.15) is 17.7 Å². The highest BCUT2D eigenvalue weighted by Gasteiger charge is 2.27. The van der Waals surface area contributed by atoms with Gasteiger partial charge in [0.2, 0.25) is 11.6 Å². The molecule has 2 atom stereocenters. The van der Waals surface area contributed by atoms with Gasteiger partial charge < -0.3 is 30.1 Å². The molecule has 2 fully saturated rings. The molecule has 0 spiro atoms. The Bertz CT molecular complexity index is 3390. The summed E-state index contributed by atoms with van der Waals surface area (Å²) >= 11 is 6.20. The van der Waals surface area contributed by atoms with Crippen molar-refractivity contribution >= 4 is 43.5 Å². The van der Waals surface area contributed by atoms with E-state index in [1.54, 1.807) is 35.3 Å². The average molecular weight is 1160 g/mol. The molecule has 2 aromatic carbocycles. The lowest BCUT2D eigenvalue weighted by molar-refractivity contribution is -0.392. The first-order valence-electron chi connectivity index (χ1n) is 24.0. The Kier molecular flexibility index (Phi) is 16.8. The van der Waals surface area contributed by atoms with E-state index in [0.717, 1.165) is 75.9 Å². The minimum Gasteiger partial charge on any atom is -0.478 e. The molecule has 10 rings (SSSR count). The maximum Gasteiger partial charge on any atom is 0.406 e. The molecule has 18 nitrogen and oxygen atoms in total. The lowest BCUT2D eigenvalue weighted by Gasteiger charge is -2.18. The Morgan fingerprint density at radius 1 is 0.667 bits per heavy atom. The van der Waals surface area contributed by atoms with Gasteiger partial charge in [0.05, 0.1) is 37.8 Å². The van der Waals surface area contributed by atoms with E-state index in [1.165, 1.54) is 68.4 Å². The van der Waals surface area contributed by atoms with Crippen LogP contribution in [0.25, 0.3) is 22.5 Å².